The summed E-state index contributed by atoms with van der Waals surface area (Å²) in [6.07, 6.45) is 11.9. The highest BCUT2D eigenvalue weighted by Gasteiger charge is 2.38. The highest BCUT2D eigenvalue weighted by atomic mass is 16.5. The minimum absolute atomic E-state index is 0.507. The molecule has 1 nitrogen and oxygen atoms in total. The Hall–Kier alpha value is -0.560. The number of ether oxygens (including phenoxy) is 1. The van der Waals surface area contributed by atoms with Crippen LogP contribution in [-0.4, -0.2) is 12.7 Å². The summed E-state index contributed by atoms with van der Waals surface area (Å²) in [7, 11) is 0. The molecule has 17 heavy (non-hydrogen) atoms. The molecule has 0 radical (unpaired) electrons. The van der Waals surface area contributed by atoms with Gasteiger partial charge in [-0.3, -0.25) is 0 Å². The van der Waals surface area contributed by atoms with E-state index in [1.165, 1.54) is 32.1 Å². The molecule has 94 valence electrons. The van der Waals surface area contributed by atoms with Crippen molar-refractivity contribution in [1.29, 1.82) is 0 Å². The zero-order valence-corrected chi connectivity index (χ0v) is 11.1. The smallest absolute Gasteiger partial charge is 0.0671 e. The molecule has 2 unspecified atom stereocenters. The number of rotatable bonds is 1. The van der Waals surface area contributed by atoms with E-state index in [0.29, 0.717) is 6.10 Å². The molecule has 2 bridgehead atoms. The second-order valence-corrected chi connectivity index (χ2v) is 6.27. The number of hydrogen-bond acceptors (Lipinski definition) is 1. The van der Waals surface area contributed by atoms with Crippen LogP contribution in [0.4, 0.5) is 0 Å². The SMILES string of the molecule is CC1=CCC(C2OC[C@H]3CC=C(C)[C@@H]2C3)CC1. The standard InChI is InChI=1S/C16H24O/c1-11-3-7-14(8-4-11)16-15-9-13(10-17-16)6-5-12(15)2/h3,5,13-16H,4,6-10H2,1-2H3/t13-,14?,15-,16?/m0/s1. The molecule has 3 rings (SSSR count). The van der Waals surface area contributed by atoms with Crippen molar-refractivity contribution in [2.75, 3.05) is 6.61 Å². The van der Waals surface area contributed by atoms with E-state index in [4.69, 9.17) is 4.74 Å². The van der Waals surface area contributed by atoms with Gasteiger partial charge < -0.3 is 4.74 Å². The number of hydrogen-bond donors (Lipinski definition) is 0. The van der Waals surface area contributed by atoms with Gasteiger partial charge in [0.1, 0.15) is 0 Å². The maximum atomic E-state index is 6.22. The lowest BCUT2D eigenvalue weighted by atomic mass is 9.71. The molecule has 2 aliphatic carbocycles. The Kier molecular flexibility index (Phi) is 3.12. The van der Waals surface area contributed by atoms with Crippen LogP contribution in [0.3, 0.4) is 0 Å². The van der Waals surface area contributed by atoms with Gasteiger partial charge in [0.15, 0.2) is 0 Å². The van der Waals surface area contributed by atoms with Gasteiger partial charge >= 0.3 is 0 Å². The van der Waals surface area contributed by atoms with Crippen molar-refractivity contribution in [1.82, 2.24) is 0 Å². The molecule has 1 saturated heterocycles. The topological polar surface area (TPSA) is 9.23 Å². The molecule has 0 N–H and O–H groups in total. The van der Waals surface area contributed by atoms with Gasteiger partial charge in [-0.15, -0.1) is 0 Å². The third-order valence-electron chi connectivity index (χ3n) is 5.01. The molecule has 1 heterocycles. The molecule has 1 aliphatic heterocycles. The molecule has 4 atom stereocenters. The van der Waals surface area contributed by atoms with Crippen LogP contribution in [0, 0.1) is 17.8 Å². The molecule has 0 aromatic heterocycles. The van der Waals surface area contributed by atoms with Crippen molar-refractivity contribution in [2.45, 2.75) is 52.1 Å². The number of allylic oxidation sites excluding steroid dienone is 3. The van der Waals surface area contributed by atoms with Gasteiger partial charge in [-0.2, -0.15) is 0 Å². The minimum Gasteiger partial charge on any atom is -0.377 e. The van der Waals surface area contributed by atoms with Crippen LogP contribution in [0.25, 0.3) is 0 Å². The third kappa shape index (κ3) is 2.22. The first kappa shape index (κ1) is 11.5. The second kappa shape index (κ2) is 4.61. The van der Waals surface area contributed by atoms with Gasteiger partial charge in [0.05, 0.1) is 12.7 Å². The molecule has 0 saturated carbocycles. The van der Waals surface area contributed by atoms with Gasteiger partial charge in [-0.05, 0) is 57.8 Å². The quantitative estimate of drug-likeness (QED) is 0.618. The van der Waals surface area contributed by atoms with E-state index in [1.807, 2.05) is 0 Å². The minimum atomic E-state index is 0.507. The lowest BCUT2D eigenvalue weighted by Crippen LogP contribution is -2.42. The summed E-state index contributed by atoms with van der Waals surface area (Å²) >= 11 is 0. The molecule has 0 aromatic rings. The molecule has 1 heteroatoms. The fraction of sp³-hybridized carbons (Fsp3) is 0.750. The summed E-state index contributed by atoms with van der Waals surface area (Å²) in [5, 5.41) is 0. The van der Waals surface area contributed by atoms with Crippen molar-refractivity contribution >= 4 is 0 Å². The molecular weight excluding hydrogens is 208 g/mol. The Balaban J connectivity index is 1.75. The summed E-state index contributed by atoms with van der Waals surface area (Å²) in [6.45, 7) is 5.58. The van der Waals surface area contributed by atoms with Crippen molar-refractivity contribution in [3.8, 4) is 0 Å². The summed E-state index contributed by atoms with van der Waals surface area (Å²) in [5.41, 5.74) is 3.17. The van der Waals surface area contributed by atoms with Gasteiger partial charge in [-0.1, -0.05) is 23.3 Å². The second-order valence-electron chi connectivity index (χ2n) is 6.27. The average Bonchev–Trinajstić information content (AvgIpc) is 2.36. The fourth-order valence-electron chi connectivity index (χ4n) is 3.79. The van der Waals surface area contributed by atoms with E-state index in [1.54, 1.807) is 11.1 Å². The molecule has 3 aliphatic rings. The summed E-state index contributed by atoms with van der Waals surface area (Å²) in [5.74, 6) is 2.30. The zero-order chi connectivity index (χ0) is 11.8. The monoisotopic (exact) mass is 232 g/mol. The van der Waals surface area contributed by atoms with E-state index in [0.717, 1.165) is 24.4 Å². The summed E-state index contributed by atoms with van der Waals surface area (Å²) in [6, 6.07) is 0. The summed E-state index contributed by atoms with van der Waals surface area (Å²) < 4.78 is 6.22. The van der Waals surface area contributed by atoms with Crippen molar-refractivity contribution < 1.29 is 4.74 Å². The highest BCUT2D eigenvalue weighted by molar-refractivity contribution is 5.14. The van der Waals surface area contributed by atoms with Gasteiger partial charge in [0.25, 0.3) is 0 Å². The van der Waals surface area contributed by atoms with Gasteiger partial charge in [0.2, 0.25) is 0 Å². The van der Waals surface area contributed by atoms with E-state index in [2.05, 4.69) is 26.0 Å². The molecule has 0 amide bonds. The van der Waals surface area contributed by atoms with Crippen LogP contribution in [0.2, 0.25) is 0 Å². The Morgan fingerprint density at radius 3 is 2.82 bits per heavy atom. The Morgan fingerprint density at radius 1 is 1.18 bits per heavy atom. The van der Waals surface area contributed by atoms with Crippen LogP contribution in [-0.2, 0) is 4.74 Å². The lowest BCUT2D eigenvalue weighted by Gasteiger charge is -2.44. The van der Waals surface area contributed by atoms with E-state index in [9.17, 15) is 0 Å². The van der Waals surface area contributed by atoms with Crippen molar-refractivity contribution in [2.24, 2.45) is 17.8 Å². The van der Waals surface area contributed by atoms with Crippen LogP contribution in [0.1, 0.15) is 46.0 Å². The zero-order valence-electron chi connectivity index (χ0n) is 11.1. The molecule has 0 aromatic carbocycles. The molecule has 0 spiro atoms. The first-order valence-corrected chi connectivity index (χ1v) is 7.18. The first-order chi connectivity index (χ1) is 8.24. The third-order valence-corrected chi connectivity index (χ3v) is 5.01. The maximum absolute atomic E-state index is 6.22. The highest BCUT2D eigenvalue weighted by Crippen LogP contribution is 2.42. The van der Waals surface area contributed by atoms with E-state index < -0.39 is 0 Å². The first-order valence-electron chi connectivity index (χ1n) is 7.18. The summed E-state index contributed by atoms with van der Waals surface area (Å²) in [4.78, 5) is 0. The average molecular weight is 232 g/mol. The van der Waals surface area contributed by atoms with Crippen LogP contribution < -0.4 is 0 Å². The van der Waals surface area contributed by atoms with E-state index in [-0.39, 0.29) is 0 Å². The fourth-order valence-corrected chi connectivity index (χ4v) is 3.79. The Labute approximate surface area is 105 Å². The Morgan fingerprint density at radius 2 is 2.06 bits per heavy atom. The predicted octanol–water partition coefficient (Wildman–Crippen LogP) is 4.10. The predicted molar refractivity (Wildman–Crippen MR) is 70.8 cm³/mol. The van der Waals surface area contributed by atoms with Crippen LogP contribution in [0.5, 0.6) is 0 Å². The van der Waals surface area contributed by atoms with Crippen molar-refractivity contribution in [3.63, 3.8) is 0 Å². The van der Waals surface area contributed by atoms with Crippen molar-refractivity contribution in [3.05, 3.63) is 23.3 Å². The van der Waals surface area contributed by atoms with Crippen LogP contribution >= 0.6 is 0 Å². The Bertz CT molecular complexity index is 353. The van der Waals surface area contributed by atoms with Gasteiger partial charge in [-0.25, -0.2) is 0 Å². The number of fused-ring (bicyclic) bond motifs is 2. The lowest BCUT2D eigenvalue weighted by molar-refractivity contribution is -0.0807. The normalized spacial score (nSPS) is 41.8. The molecule has 1 fully saturated rings. The molecular formula is C16H24O. The van der Waals surface area contributed by atoms with Crippen LogP contribution in [0.15, 0.2) is 23.3 Å². The maximum Gasteiger partial charge on any atom is 0.0671 e. The largest absolute Gasteiger partial charge is 0.377 e. The van der Waals surface area contributed by atoms with E-state index >= 15 is 0 Å². The van der Waals surface area contributed by atoms with Gasteiger partial charge in [0, 0.05) is 5.92 Å².